The maximum Gasteiger partial charge on any atom is 0.275 e. The summed E-state index contributed by atoms with van der Waals surface area (Å²) in [5.41, 5.74) is 6.23. The number of anilines is 1. The van der Waals surface area contributed by atoms with Gasteiger partial charge in [-0.1, -0.05) is 23.9 Å². The summed E-state index contributed by atoms with van der Waals surface area (Å²) in [7, 11) is 0. The van der Waals surface area contributed by atoms with E-state index in [2.05, 4.69) is 9.97 Å². The third-order valence-electron chi connectivity index (χ3n) is 2.17. The molecule has 0 spiro atoms. The third kappa shape index (κ3) is 2.66. The highest BCUT2D eigenvalue weighted by Gasteiger charge is 2.06. The molecule has 0 saturated carbocycles. The Balaban J connectivity index is 2.25. The van der Waals surface area contributed by atoms with Crippen LogP contribution in [-0.2, 0) is 6.61 Å². The van der Waals surface area contributed by atoms with E-state index in [0.717, 1.165) is 10.5 Å². The van der Waals surface area contributed by atoms with Crippen LogP contribution in [0.25, 0.3) is 0 Å². The van der Waals surface area contributed by atoms with Crippen LogP contribution in [0.4, 0.5) is 5.69 Å². The van der Waals surface area contributed by atoms with Crippen LogP contribution in [0.2, 0.25) is 0 Å². The quantitative estimate of drug-likeness (QED) is 0.706. The Labute approximate surface area is 102 Å². The first-order chi connectivity index (χ1) is 8.20. The molecule has 2 aromatic rings. The second kappa shape index (κ2) is 5.03. The molecule has 0 fully saturated rings. The molecule has 1 aromatic heterocycles. The van der Waals surface area contributed by atoms with Crippen molar-refractivity contribution in [1.82, 2.24) is 9.97 Å². The van der Waals surface area contributed by atoms with Crippen LogP contribution in [0, 0.1) is 0 Å². The number of H-pyrrole nitrogens is 1. The standard InChI is InChI=1S/C11H11N3O2S/c12-9-10(16)13-6-14-11(9)17-8-3-1-7(5-15)2-4-8/h1-4,6,15H,5,12H2,(H,13,14,16). The van der Waals surface area contributed by atoms with E-state index in [0.29, 0.717) is 5.03 Å². The number of aromatic nitrogens is 2. The molecule has 2 rings (SSSR count). The minimum atomic E-state index is -0.338. The lowest BCUT2D eigenvalue weighted by Crippen LogP contribution is -2.13. The zero-order valence-corrected chi connectivity index (χ0v) is 9.70. The maximum absolute atomic E-state index is 11.3. The Morgan fingerprint density at radius 3 is 2.71 bits per heavy atom. The molecule has 0 amide bonds. The van der Waals surface area contributed by atoms with E-state index in [9.17, 15) is 4.79 Å². The second-order valence-electron chi connectivity index (χ2n) is 3.35. The molecule has 1 heterocycles. The minimum Gasteiger partial charge on any atom is -0.392 e. The predicted molar refractivity (Wildman–Crippen MR) is 65.8 cm³/mol. The van der Waals surface area contributed by atoms with Gasteiger partial charge >= 0.3 is 0 Å². The molecule has 0 saturated heterocycles. The summed E-state index contributed by atoms with van der Waals surface area (Å²) in [5, 5.41) is 9.39. The van der Waals surface area contributed by atoms with Gasteiger partial charge in [-0.3, -0.25) is 4.79 Å². The van der Waals surface area contributed by atoms with Gasteiger partial charge in [-0.15, -0.1) is 0 Å². The van der Waals surface area contributed by atoms with Crippen LogP contribution in [0.5, 0.6) is 0 Å². The molecule has 0 radical (unpaired) electrons. The van der Waals surface area contributed by atoms with Crippen molar-refractivity contribution >= 4 is 17.4 Å². The molecule has 88 valence electrons. The van der Waals surface area contributed by atoms with Crippen molar-refractivity contribution in [3.8, 4) is 0 Å². The highest BCUT2D eigenvalue weighted by Crippen LogP contribution is 2.28. The highest BCUT2D eigenvalue weighted by atomic mass is 32.2. The van der Waals surface area contributed by atoms with E-state index < -0.39 is 0 Å². The second-order valence-corrected chi connectivity index (χ2v) is 4.42. The molecule has 17 heavy (non-hydrogen) atoms. The average Bonchev–Trinajstić information content (AvgIpc) is 2.36. The fourth-order valence-corrected chi connectivity index (χ4v) is 2.05. The number of aliphatic hydroxyl groups excluding tert-OH is 1. The number of hydrogen-bond acceptors (Lipinski definition) is 5. The predicted octanol–water partition coefficient (Wildman–Crippen LogP) is 0.996. The number of aromatic amines is 1. The van der Waals surface area contributed by atoms with Crippen molar-refractivity contribution < 1.29 is 5.11 Å². The lowest BCUT2D eigenvalue weighted by molar-refractivity contribution is 0.282. The monoisotopic (exact) mass is 249 g/mol. The van der Waals surface area contributed by atoms with Crippen molar-refractivity contribution in [1.29, 1.82) is 0 Å². The van der Waals surface area contributed by atoms with E-state index in [1.807, 2.05) is 24.3 Å². The van der Waals surface area contributed by atoms with Crippen LogP contribution in [0.15, 0.2) is 45.3 Å². The Morgan fingerprint density at radius 1 is 1.35 bits per heavy atom. The summed E-state index contributed by atoms with van der Waals surface area (Å²) in [6.07, 6.45) is 1.32. The van der Waals surface area contributed by atoms with Gasteiger partial charge in [0.05, 0.1) is 12.9 Å². The van der Waals surface area contributed by atoms with E-state index in [1.165, 1.54) is 18.1 Å². The fraction of sp³-hybridized carbons (Fsp3) is 0.0909. The van der Waals surface area contributed by atoms with E-state index >= 15 is 0 Å². The summed E-state index contributed by atoms with van der Waals surface area (Å²) in [6, 6.07) is 7.31. The Kier molecular flexibility index (Phi) is 3.46. The lowest BCUT2D eigenvalue weighted by atomic mass is 10.2. The summed E-state index contributed by atoms with van der Waals surface area (Å²) in [5.74, 6) is 0. The van der Waals surface area contributed by atoms with Crippen LogP contribution in [0.3, 0.4) is 0 Å². The third-order valence-corrected chi connectivity index (χ3v) is 3.20. The Morgan fingerprint density at radius 2 is 2.06 bits per heavy atom. The zero-order chi connectivity index (χ0) is 12.3. The van der Waals surface area contributed by atoms with Crippen LogP contribution < -0.4 is 11.3 Å². The van der Waals surface area contributed by atoms with Gasteiger partial charge in [-0.25, -0.2) is 4.98 Å². The molecular weight excluding hydrogens is 238 g/mol. The molecule has 0 aliphatic heterocycles. The molecule has 4 N–H and O–H groups in total. The number of rotatable bonds is 3. The lowest BCUT2D eigenvalue weighted by Gasteiger charge is -2.03. The van der Waals surface area contributed by atoms with Crippen molar-refractivity contribution in [3.05, 3.63) is 46.5 Å². The highest BCUT2D eigenvalue weighted by molar-refractivity contribution is 7.99. The van der Waals surface area contributed by atoms with Crippen molar-refractivity contribution in [3.63, 3.8) is 0 Å². The normalized spacial score (nSPS) is 10.4. The SMILES string of the molecule is Nc1c(Sc2ccc(CO)cc2)nc[nH]c1=O. The molecule has 0 atom stereocenters. The number of aliphatic hydroxyl groups is 1. The largest absolute Gasteiger partial charge is 0.392 e. The average molecular weight is 249 g/mol. The number of nitrogens with zero attached hydrogens (tertiary/aromatic N) is 1. The van der Waals surface area contributed by atoms with Crippen LogP contribution >= 0.6 is 11.8 Å². The maximum atomic E-state index is 11.3. The van der Waals surface area contributed by atoms with Gasteiger partial charge in [0.25, 0.3) is 5.56 Å². The van der Waals surface area contributed by atoms with E-state index in [-0.39, 0.29) is 17.9 Å². The number of benzene rings is 1. The van der Waals surface area contributed by atoms with Crippen molar-refractivity contribution in [2.24, 2.45) is 0 Å². The summed E-state index contributed by atoms with van der Waals surface area (Å²) in [4.78, 5) is 18.6. The molecule has 6 heteroatoms. The van der Waals surface area contributed by atoms with Gasteiger partial charge < -0.3 is 15.8 Å². The van der Waals surface area contributed by atoms with Gasteiger partial charge in [0.2, 0.25) is 0 Å². The Bertz CT molecular complexity index is 566. The first-order valence-electron chi connectivity index (χ1n) is 4.91. The van der Waals surface area contributed by atoms with Gasteiger partial charge in [-0.2, -0.15) is 0 Å². The molecule has 5 nitrogen and oxygen atoms in total. The van der Waals surface area contributed by atoms with E-state index in [1.54, 1.807) is 0 Å². The summed E-state index contributed by atoms with van der Waals surface area (Å²) < 4.78 is 0. The van der Waals surface area contributed by atoms with Gasteiger partial charge in [0.15, 0.2) is 0 Å². The van der Waals surface area contributed by atoms with E-state index in [4.69, 9.17) is 10.8 Å². The van der Waals surface area contributed by atoms with Crippen molar-refractivity contribution in [2.75, 3.05) is 5.73 Å². The first-order valence-corrected chi connectivity index (χ1v) is 5.73. The van der Waals surface area contributed by atoms with Gasteiger partial charge in [0, 0.05) is 4.90 Å². The summed E-state index contributed by atoms with van der Waals surface area (Å²) >= 11 is 1.31. The fourth-order valence-electron chi connectivity index (χ4n) is 1.25. The Hall–Kier alpha value is -1.79. The van der Waals surface area contributed by atoms with Crippen molar-refractivity contribution in [2.45, 2.75) is 16.5 Å². The molecular formula is C11H11N3O2S. The van der Waals surface area contributed by atoms with Gasteiger partial charge in [-0.05, 0) is 17.7 Å². The first kappa shape index (κ1) is 11.7. The number of hydrogen-bond donors (Lipinski definition) is 3. The molecule has 0 bridgehead atoms. The molecule has 0 unspecified atom stereocenters. The smallest absolute Gasteiger partial charge is 0.275 e. The molecule has 0 aliphatic carbocycles. The zero-order valence-electron chi connectivity index (χ0n) is 8.88. The topological polar surface area (TPSA) is 92.0 Å². The number of nitrogen functional groups attached to an aromatic ring is 1. The number of nitrogens with two attached hydrogens (primary N) is 1. The minimum absolute atomic E-state index is 0.0103. The summed E-state index contributed by atoms with van der Waals surface area (Å²) in [6.45, 7) is 0.0103. The van der Waals surface area contributed by atoms with Crippen LogP contribution in [-0.4, -0.2) is 15.1 Å². The molecule has 0 aliphatic rings. The molecule has 1 aromatic carbocycles. The van der Waals surface area contributed by atoms with Crippen LogP contribution in [0.1, 0.15) is 5.56 Å². The number of nitrogens with one attached hydrogen (secondary N) is 1. The van der Waals surface area contributed by atoms with Gasteiger partial charge in [0.1, 0.15) is 10.7 Å².